The van der Waals surface area contributed by atoms with Crippen LogP contribution in [-0.4, -0.2) is 37.1 Å². The van der Waals surface area contributed by atoms with Crippen LogP contribution in [0.3, 0.4) is 0 Å². The van der Waals surface area contributed by atoms with E-state index in [2.05, 4.69) is 30.9 Å². The van der Waals surface area contributed by atoms with Crippen LogP contribution in [0.5, 0.6) is 0 Å². The predicted octanol–water partition coefficient (Wildman–Crippen LogP) is 1.06. The van der Waals surface area contributed by atoms with Crippen molar-refractivity contribution in [2.75, 3.05) is 27.2 Å². The SMILES string of the molecule is Cc1nc(CCN(C)C)sc1CCN. The van der Waals surface area contributed by atoms with Crippen molar-refractivity contribution < 1.29 is 0 Å². The molecule has 0 unspecified atom stereocenters. The first-order chi connectivity index (χ1) is 6.63. The Morgan fingerprint density at radius 2 is 2.07 bits per heavy atom. The van der Waals surface area contributed by atoms with E-state index < -0.39 is 0 Å². The Labute approximate surface area is 89.9 Å². The Kier molecular flexibility index (Phi) is 4.51. The summed E-state index contributed by atoms with van der Waals surface area (Å²) in [6.45, 7) is 3.85. The van der Waals surface area contributed by atoms with Crippen molar-refractivity contribution in [3.05, 3.63) is 15.6 Å². The fraction of sp³-hybridized carbons (Fsp3) is 0.700. The molecule has 0 radical (unpaired) electrons. The fourth-order valence-corrected chi connectivity index (χ4v) is 2.35. The van der Waals surface area contributed by atoms with Gasteiger partial charge in [-0.15, -0.1) is 11.3 Å². The Hall–Kier alpha value is -0.450. The van der Waals surface area contributed by atoms with Gasteiger partial charge in [0, 0.05) is 17.8 Å². The number of nitrogens with zero attached hydrogens (tertiary/aromatic N) is 2. The van der Waals surface area contributed by atoms with Crippen molar-refractivity contribution >= 4 is 11.3 Å². The van der Waals surface area contributed by atoms with Gasteiger partial charge in [0.1, 0.15) is 0 Å². The number of likely N-dealkylation sites (N-methyl/N-ethyl adjacent to an activating group) is 1. The molecule has 1 heterocycles. The second kappa shape index (κ2) is 5.44. The van der Waals surface area contributed by atoms with Gasteiger partial charge in [0.05, 0.1) is 10.7 Å². The highest BCUT2D eigenvalue weighted by Crippen LogP contribution is 2.18. The zero-order chi connectivity index (χ0) is 10.6. The van der Waals surface area contributed by atoms with Crippen LogP contribution in [-0.2, 0) is 12.8 Å². The van der Waals surface area contributed by atoms with Crippen LogP contribution >= 0.6 is 11.3 Å². The van der Waals surface area contributed by atoms with Crippen molar-refractivity contribution in [2.24, 2.45) is 5.73 Å². The molecule has 1 aromatic rings. The molecule has 0 spiro atoms. The van der Waals surface area contributed by atoms with E-state index >= 15 is 0 Å². The quantitative estimate of drug-likeness (QED) is 0.795. The Morgan fingerprint density at radius 1 is 1.36 bits per heavy atom. The van der Waals surface area contributed by atoms with Crippen LogP contribution in [0.2, 0.25) is 0 Å². The predicted molar refractivity (Wildman–Crippen MR) is 61.9 cm³/mol. The summed E-state index contributed by atoms with van der Waals surface area (Å²) in [5.74, 6) is 0. The lowest BCUT2D eigenvalue weighted by molar-refractivity contribution is 0.413. The molecule has 4 heteroatoms. The van der Waals surface area contributed by atoms with Crippen LogP contribution in [0.4, 0.5) is 0 Å². The summed E-state index contributed by atoms with van der Waals surface area (Å²) >= 11 is 1.81. The molecule has 2 N–H and O–H groups in total. The molecule has 3 nitrogen and oxygen atoms in total. The molecule has 0 fully saturated rings. The average Bonchev–Trinajstić information content (AvgIpc) is 2.45. The summed E-state index contributed by atoms with van der Waals surface area (Å²) in [5.41, 5.74) is 6.69. The van der Waals surface area contributed by atoms with E-state index in [1.165, 1.54) is 9.88 Å². The van der Waals surface area contributed by atoms with Gasteiger partial charge in [-0.2, -0.15) is 0 Å². The maximum Gasteiger partial charge on any atom is 0.0943 e. The topological polar surface area (TPSA) is 42.2 Å². The molecule has 0 aromatic carbocycles. The molecule has 80 valence electrons. The van der Waals surface area contributed by atoms with Gasteiger partial charge in [-0.3, -0.25) is 0 Å². The number of hydrogen-bond donors (Lipinski definition) is 1. The second-order valence-corrected chi connectivity index (χ2v) is 4.88. The minimum absolute atomic E-state index is 0.718. The van der Waals surface area contributed by atoms with Gasteiger partial charge in [-0.05, 0) is 34.0 Å². The lowest BCUT2D eigenvalue weighted by Gasteiger charge is -2.06. The third-order valence-corrected chi connectivity index (χ3v) is 3.36. The minimum Gasteiger partial charge on any atom is -0.330 e. The molecule has 0 atom stereocenters. The molecule has 0 aliphatic carbocycles. The van der Waals surface area contributed by atoms with E-state index in [9.17, 15) is 0 Å². The second-order valence-electron chi connectivity index (χ2n) is 3.71. The molecule has 0 saturated carbocycles. The number of nitrogens with two attached hydrogens (primary N) is 1. The zero-order valence-electron chi connectivity index (χ0n) is 9.21. The van der Waals surface area contributed by atoms with E-state index in [4.69, 9.17) is 5.73 Å². The maximum atomic E-state index is 5.53. The van der Waals surface area contributed by atoms with Gasteiger partial charge in [-0.1, -0.05) is 0 Å². The molecule has 0 aliphatic heterocycles. The average molecular weight is 213 g/mol. The van der Waals surface area contributed by atoms with Crippen molar-refractivity contribution in [3.8, 4) is 0 Å². The first kappa shape index (κ1) is 11.6. The lowest BCUT2D eigenvalue weighted by atomic mass is 10.3. The van der Waals surface area contributed by atoms with Crippen LogP contribution in [0.15, 0.2) is 0 Å². The van der Waals surface area contributed by atoms with Crippen molar-refractivity contribution in [2.45, 2.75) is 19.8 Å². The molecule has 0 bridgehead atoms. The van der Waals surface area contributed by atoms with Gasteiger partial charge in [0.15, 0.2) is 0 Å². The Morgan fingerprint density at radius 3 is 2.64 bits per heavy atom. The van der Waals surface area contributed by atoms with Gasteiger partial charge < -0.3 is 10.6 Å². The van der Waals surface area contributed by atoms with E-state index in [1.54, 1.807) is 0 Å². The van der Waals surface area contributed by atoms with Crippen molar-refractivity contribution in [1.82, 2.24) is 9.88 Å². The van der Waals surface area contributed by atoms with Crippen LogP contribution in [0, 0.1) is 6.92 Å². The Balaban J connectivity index is 2.56. The van der Waals surface area contributed by atoms with E-state index in [0.717, 1.165) is 31.6 Å². The Bertz CT molecular complexity index is 281. The third kappa shape index (κ3) is 3.36. The van der Waals surface area contributed by atoms with Crippen molar-refractivity contribution in [1.29, 1.82) is 0 Å². The summed E-state index contributed by atoms with van der Waals surface area (Å²) in [5, 5.41) is 1.24. The summed E-state index contributed by atoms with van der Waals surface area (Å²) in [7, 11) is 4.17. The summed E-state index contributed by atoms with van der Waals surface area (Å²) in [6, 6.07) is 0. The number of rotatable bonds is 5. The van der Waals surface area contributed by atoms with Crippen molar-refractivity contribution in [3.63, 3.8) is 0 Å². The van der Waals surface area contributed by atoms with Gasteiger partial charge >= 0.3 is 0 Å². The molecule has 1 aromatic heterocycles. The van der Waals surface area contributed by atoms with Crippen LogP contribution in [0.1, 0.15) is 15.6 Å². The smallest absolute Gasteiger partial charge is 0.0943 e. The molecule has 1 rings (SSSR count). The largest absolute Gasteiger partial charge is 0.330 e. The fourth-order valence-electron chi connectivity index (χ4n) is 1.28. The number of aryl methyl sites for hydroxylation is 1. The van der Waals surface area contributed by atoms with E-state index in [0.29, 0.717) is 0 Å². The zero-order valence-corrected chi connectivity index (χ0v) is 10.0. The maximum absolute atomic E-state index is 5.53. The van der Waals surface area contributed by atoms with Gasteiger partial charge in [-0.25, -0.2) is 4.98 Å². The van der Waals surface area contributed by atoms with E-state index in [1.807, 2.05) is 11.3 Å². The summed E-state index contributed by atoms with van der Waals surface area (Å²) < 4.78 is 0. The van der Waals surface area contributed by atoms with Gasteiger partial charge in [0.2, 0.25) is 0 Å². The highest BCUT2D eigenvalue weighted by atomic mass is 32.1. The molecular formula is C10H19N3S. The summed E-state index contributed by atoms with van der Waals surface area (Å²) in [4.78, 5) is 8.07. The lowest BCUT2D eigenvalue weighted by Crippen LogP contribution is -2.14. The van der Waals surface area contributed by atoms with Crippen LogP contribution in [0.25, 0.3) is 0 Å². The first-order valence-electron chi connectivity index (χ1n) is 4.93. The normalized spacial score (nSPS) is 11.2. The third-order valence-electron chi connectivity index (χ3n) is 2.08. The molecular weight excluding hydrogens is 194 g/mol. The number of aromatic nitrogens is 1. The number of thiazole rings is 1. The molecule has 14 heavy (non-hydrogen) atoms. The van der Waals surface area contributed by atoms with Gasteiger partial charge in [0.25, 0.3) is 0 Å². The first-order valence-corrected chi connectivity index (χ1v) is 5.75. The monoisotopic (exact) mass is 213 g/mol. The highest BCUT2D eigenvalue weighted by molar-refractivity contribution is 7.11. The molecule has 0 amide bonds. The van der Waals surface area contributed by atoms with Crippen LogP contribution < -0.4 is 5.73 Å². The standard InChI is InChI=1S/C10H19N3S/c1-8-9(4-6-11)14-10(12-8)5-7-13(2)3/h4-7,11H2,1-3H3. The molecule has 0 saturated heterocycles. The highest BCUT2D eigenvalue weighted by Gasteiger charge is 2.06. The van der Waals surface area contributed by atoms with E-state index in [-0.39, 0.29) is 0 Å². The number of hydrogen-bond acceptors (Lipinski definition) is 4. The minimum atomic E-state index is 0.718. The summed E-state index contributed by atoms with van der Waals surface area (Å²) in [6.07, 6.45) is 2.01. The molecule has 0 aliphatic rings.